The zero-order valence-corrected chi connectivity index (χ0v) is 13.0. The van der Waals surface area contributed by atoms with Gasteiger partial charge in [0.2, 0.25) is 11.7 Å². The molecule has 2 N–H and O–H groups in total. The second kappa shape index (κ2) is 6.08. The van der Waals surface area contributed by atoms with Crippen molar-refractivity contribution < 1.29 is 9.26 Å². The molecule has 0 spiro atoms. The molecule has 0 saturated carbocycles. The van der Waals surface area contributed by atoms with Gasteiger partial charge < -0.3 is 15.0 Å². The fourth-order valence-electron chi connectivity index (χ4n) is 2.32. The van der Waals surface area contributed by atoms with Crippen molar-refractivity contribution in [2.45, 2.75) is 32.4 Å². The molecule has 7 nitrogen and oxygen atoms in total. The van der Waals surface area contributed by atoms with Crippen molar-refractivity contribution in [1.82, 2.24) is 20.0 Å². The maximum Gasteiger partial charge on any atom is 0.232 e. The van der Waals surface area contributed by atoms with Gasteiger partial charge >= 0.3 is 0 Å². The van der Waals surface area contributed by atoms with E-state index in [4.69, 9.17) is 15.0 Å². The third-order valence-electron chi connectivity index (χ3n) is 3.50. The standard InChI is InChI=1S/C13H19N5O2S/c1-8(2)18-3-4-19-10(6-18)12-16-11(20-17-12)5-9-7-21-13(14)15-9/h7-8,10H,3-6H2,1-2H3,(H2,14,15). The van der Waals surface area contributed by atoms with Crippen molar-refractivity contribution in [3.05, 3.63) is 22.8 Å². The summed E-state index contributed by atoms with van der Waals surface area (Å²) in [4.78, 5) is 11.0. The fraction of sp³-hybridized carbons (Fsp3) is 0.615. The Morgan fingerprint density at radius 2 is 2.33 bits per heavy atom. The highest BCUT2D eigenvalue weighted by Gasteiger charge is 2.27. The van der Waals surface area contributed by atoms with Crippen LogP contribution in [0, 0.1) is 0 Å². The molecule has 2 aromatic rings. The minimum absolute atomic E-state index is 0.126. The molecule has 1 atom stereocenters. The van der Waals surface area contributed by atoms with Gasteiger partial charge in [-0.2, -0.15) is 4.98 Å². The number of aromatic nitrogens is 3. The number of morpholine rings is 1. The molecule has 1 aliphatic heterocycles. The van der Waals surface area contributed by atoms with Crippen LogP contribution in [0.5, 0.6) is 0 Å². The summed E-state index contributed by atoms with van der Waals surface area (Å²) in [6, 6.07) is 0.487. The minimum atomic E-state index is -0.126. The quantitative estimate of drug-likeness (QED) is 0.914. The summed E-state index contributed by atoms with van der Waals surface area (Å²) < 4.78 is 11.0. The van der Waals surface area contributed by atoms with Gasteiger partial charge in [0.05, 0.1) is 18.7 Å². The van der Waals surface area contributed by atoms with E-state index in [0.717, 1.165) is 18.8 Å². The molecule has 0 radical (unpaired) electrons. The fourth-order valence-corrected chi connectivity index (χ4v) is 2.89. The van der Waals surface area contributed by atoms with E-state index < -0.39 is 0 Å². The van der Waals surface area contributed by atoms with Crippen molar-refractivity contribution in [2.75, 3.05) is 25.4 Å². The number of rotatable bonds is 4. The summed E-state index contributed by atoms with van der Waals surface area (Å²) >= 11 is 1.41. The summed E-state index contributed by atoms with van der Waals surface area (Å²) in [6.07, 6.45) is 0.376. The lowest BCUT2D eigenvalue weighted by molar-refractivity contribution is -0.0450. The lowest BCUT2D eigenvalue weighted by atomic mass is 10.2. The van der Waals surface area contributed by atoms with Crippen LogP contribution in [0.3, 0.4) is 0 Å². The first-order valence-corrected chi connectivity index (χ1v) is 7.88. The van der Waals surface area contributed by atoms with E-state index in [1.54, 1.807) is 0 Å². The van der Waals surface area contributed by atoms with E-state index in [-0.39, 0.29) is 6.10 Å². The van der Waals surface area contributed by atoms with Gasteiger partial charge in [-0.15, -0.1) is 11.3 Å². The van der Waals surface area contributed by atoms with Gasteiger partial charge in [0.25, 0.3) is 0 Å². The molecule has 0 bridgehead atoms. The van der Waals surface area contributed by atoms with Crippen LogP contribution in [0.4, 0.5) is 5.13 Å². The van der Waals surface area contributed by atoms with Crippen molar-refractivity contribution in [3.8, 4) is 0 Å². The second-order valence-corrected chi connectivity index (χ2v) is 6.24. The van der Waals surface area contributed by atoms with E-state index in [9.17, 15) is 0 Å². The number of hydrogen-bond donors (Lipinski definition) is 1. The zero-order valence-electron chi connectivity index (χ0n) is 12.2. The molecule has 114 valence electrons. The van der Waals surface area contributed by atoms with Crippen LogP contribution in [0.1, 0.15) is 37.4 Å². The Labute approximate surface area is 127 Å². The first kappa shape index (κ1) is 14.4. The molecule has 8 heteroatoms. The summed E-state index contributed by atoms with van der Waals surface area (Å²) in [5.41, 5.74) is 6.46. The largest absolute Gasteiger partial charge is 0.375 e. The first-order chi connectivity index (χ1) is 10.1. The molecule has 1 fully saturated rings. The van der Waals surface area contributed by atoms with Crippen LogP contribution in [0.25, 0.3) is 0 Å². The number of thiazole rings is 1. The van der Waals surface area contributed by atoms with E-state index in [2.05, 4.69) is 33.9 Å². The van der Waals surface area contributed by atoms with E-state index in [1.165, 1.54) is 11.3 Å². The molecule has 2 aromatic heterocycles. The monoisotopic (exact) mass is 309 g/mol. The molecular formula is C13H19N5O2S. The molecule has 1 unspecified atom stereocenters. The van der Waals surface area contributed by atoms with Crippen molar-refractivity contribution >= 4 is 16.5 Å². The van der Waals surface area contributed by atoms with Gasteiger partial charge in [-0.3, -0.25) is 4.90 Å². The lowest BCUT2D eigenvalue weighted by Crippen LogP contribution is -2.42. The van der Waals surface area contributed by atoms with E-state index in [1.807, 2.05) is 5.38 Å². The van der Waals surface area contributed by atoms with Crippen LogP contribution in [-0.4, -0.2) is 45.8 Å². The highest BCUT2D eigenvalue weighted by molar-refractivity contribution is 7.13. The third-order valence-corrected chi connectivity index (χ3v) is 4.22. The number of nitrogen functional groups attached to an aromatic ring is 1. The topological polar surface area (TPSA) is 90.3 Å². The number of nitrogens with zero attached hydrogens (tertiary/aromatic N) is 4. The summed E-state index contributed by atoms with van der Waals surface area (Å²) in [5.74, 6) is 1.15. The molecule has 1 aliphatic rings. The minimum Gasteiger partial charge on any atom is -0.375 e. The van der Waals surface area contributed by atoms with Gasteiger partial charge in [-0.1, -0.05) is 5.16 Å². The highest BCUT2D eigenvalue weighted by Crippen LogP contribution is 2.22. The molecule has 3 rings (SSSR count). The van der Waals surface area contributed by atoms with Crippen molar-refractivity contribution in [1.29, 1.82) is 0 Å². The van der Waals surface area contributed by atoms with E-state index >= 15 is 0 Å². The third kappa shape index (κ3) is 3.39. The average molecular weight is 309 g/mol. The van der Waals surface area contributed by atoms with Crippen LogP contribution in [0.2, 0.25) is 0 Å². The number of ether oxygens (including phenoxy) is 1. The Bertz CT molecular complexity index is 597. The van der Waals surface area contributed by atoms with Crippen LogP contribution < -0.4 is 5.73 Å². The zero-order chi connectivity index (χ0) is 14.8. The average Bonchev–Trinajstić information content (AvgIpc) is 3.09. The summed E-state index contributed by atoms with van der Waals surface area (Å²) in [7, 11) is 0. The molecule has 0 aliphatic carbocycles. The molecule has 0 aromatic carbocycles. The molecule has 21 heavy (non-hydrogen) atoms. The predicted octanol–water partition coefficient (Wildman–Crippen LogP) is 1.48. The van der Waals surface area contributed by atoms with Crippen LogP contribution in [-0.2, 0) is 11.2 Å². The van der Waals surface area contributed by atoms with Gasteiger partial charge in [-0.25, -0.2) is 4.98 Å². The van der Waals surface area contributed by atoms with E-state index in [0.29, 0.717) is 35.9 Å². The Kier molecular flexibility index (Phi) is 4.18. The first-order valence-electron chi connectivity index (χ1n) is 7.00. The number of hydrogen-bond acceptors (Lipinski definition) is 8. The van der Waals surface area contributed by atoms with Crippen molar-refractivity contribution in [2.24, 2.45) is 0 Å². The predicted molar refractivity (Wildman–Crippen MR) is 79.0 cm³/mol. The van der Waals surface area contributed by atoms with Gasteiger partial charge in [0, 0.05) is 24.5 Å². The van der Waals surface area contributed by atoms with Gasteiger partial charge in [0.15, 0.2) is 5.13 Å². The Balaban J connectivity index is 1.66. The molecule has 1 saturated heterocycles. The Morgan fingerprint density at radius 1 is 1.48 bits per heavy atom. The summed E-state index contributed by atoms with van der Waals surface area (Å²) in [5, 5.41) is 6.49. The second-order valence-electron chi connectivity index (χ2n) is 5.35. The van der Waals surface area contributed by atoms with Crippen LogP contribution in [0.15, 0.2) is 9.90 Å². The molecule has 3 heterocycles. The Hall–Kier alpha value is -1.51. The lowest BCUT2D eigenvalue weighted by Gasteiger charge is -2.34. The van der Waals surface area contributed by atoms with Crippen molar-refractivity contribution in [3.63, 3.8) is 0 Å². The molecule has 0 amide bonds. The maximum absolute atomic E-state index is 5.75. The van der Waals surface area contributed by atoms with Crippen LogP contribution >= 0.6 is 11.3 Å². The SMILES string of the molecule is CC(C)N1CCOC(c2noc(Cc3csc(N)n3)n2)C1. The highest BCUT2D eigenvalue weighted by atomic mass is 32.1. The summed E-state index contributed by atoms with van der Waals surface area (Å²) in [6.45, 7) is 6.78. The Morgan fingerprint density at radius 3 is 3.05 bits per heavy atom. The number of anilines is 1. The van der Waals surface area contributed by atoms with Gasteiger partial charge in [-0.05, 0) is 13.8 Å². The maximum atomic E-state index is 5.75. The smallest absolute Gasteiger partial charge is 0.232 e. The van der Waals surface area contributed by atoms with Gasteiger partial charge in [0.1, 0.15) is 6.10 Å². The normalized spacial score (nSPS) is 20.2. The number of nitrogens with two attached hydrogens (primary N) is 1. The molecular weight excluding hydrogens is 290 g/mol.